The van der Waals surface area contributed by atoms with Gasteiger partial charge in [-0.15, -0.1) is 0 Å². The molecule has 0 spiro atoms. The average Bonchev–Trinajstić information content (AvgIpc) is 2.46. The van der Waals surface area contributed by atoms with E-state index in [1.54, 1.807) is 7.05 Å². The van der Waals surface area contributed by atoms with Crippen molar-refractivity contribution < 1.29 is 4.79 Å². The van der Waals surface area contributed by atoms with E-state index in [2.05, 4.69) is 10.2 Å². The molecule has 110 valence electrons. The molecular formula is C15H22ClN3O. The third kappa shape index (κ3) is 3.25. The van der Waals surface area contributed by atoms with Crippen LogP contribution in [0.1, 0.15) is 31.4 Å². The Bertz CT molecular complexity index is 490. The Balaban J connectivity index is 2.17. The maximum Gasteiger partial charge on any atom is 0.224 e. The first-order valence-corrected chi connectivity index (χ1v) is 7.42. The lowest BCUT2D eigenvalue weighted by Gasteiger charge is -2.34. The molecule has 5 heteroatoms. The minimum absolute atomic E-state index is 0.0264. The van der Waals surface area contributed by atoms with Gasteiger partial charge in [0.2, 0.25) is 5.91 Å². The summed E-state index contributed by atoms with van der Waals surface area (Å²) in [7, 11) is 1.69. The van der Waals surface area contributed by atoms with Crippen LogP contribution in [0.4, 0.5) is 5.69 Å². The highest BCUT2D eigenvalue weighted by atomic mass is 35.5. The lowest BCUT2D eigenvalue weighted by Crippen LogP contribution is -2.42. The number of piperidine rings is 1. The normalized spacial score (nSPS) is 20.6. The molecule has 0 bridgehead atoms. The molecule has 3 N–H and O–H groups in total. The monoisotopic (exact) mass is 295 g/mol. The molecular weight excluding hydrogens is 274 g/mol. The Morgan fingerprint density at radius 3 is 2.90 bits per heavy atom. The molecule has 1 amide bonds. The first-order valence-electron chi connectivity index (χ1n) is 7.04. The van der Waals surface area contributed by atoms with Crippen LogP contribution in [0.15, 0.2) is 18.2 Å². The number of carbonyl (C=O) groups is 1. The molecule has 1 fully saturated rings. The Hall–Kier alpha value is -1.26. The number of carbonyl (C=O) groups excluding carboxylic acids is 1. The maximum absolute atomic E-state index is 11.8. The van der Waals surface area contributed by atoms with Gasteiger partial charge in [0.05, 0.1) is 16.6 Å². The highest BCUT2D eigenvalue weighted by Crippen LogP contribution is 2.31. The molecule has 4 nitrogen and oxygen atoms in total. The highest BCUT2D eigenvalue weighted by molar-refractivity contribution is 6.33. The molecule has 1 unspecified atom stereocenters. The smallest absolute Gasteiger partial charge is 0.224 e. The number of halogens is 1. The number of anilines is 1. The zero-order valence-corrected chi connectivity index (χ0v) is 12.8. The number of amides is 1. The molecule has 20 heavy (non-hydrogen) atoms. The zero-order valence-electron chi connectivity index (χ0n) is 12.0. The van der Waals surface area contributed by atoms with Crippen molar-refractivity contribution >= 4 is 23.2 Å². The SMILES string of the molecule is CNC(=O)C1CCCN(c2ccc([C@@H](C)N)cc2Cl)C1. The Kier molecular flexibility index (Phi) is 4.89. The lowest BCUT2D eigenvalue weighted by atomic mass is 9.96. The summed E-state index contributed by atoms with van der Waals surface area (Å²) in [5.74, 6) is 0.149. The molecule has 1 heterocycles. The summed E-state index contributed by atoms with van der Waals surface area (Å²) in [6.45, 7) is 3.59. The summed E-state index contributed by atoms with van der Waals surface area (Å²) < 4.78 is 0. The first kappa shape index (κ1) is 15.1. The molecule has 0 aliphatic carbocycles. The van der Waals surface area contributed by atoms with Gasteiger partial charge in [0.25, 0.3) is 0 Å². The van der Waals surface area contributed by atoms with Gasteiger partial charge in [0, 0.05) is 26.2 Å². The van der Waals surface area contributed by atoms with E-state index < -0.39 is 0 Å². The molecule has 1 aliphatic rings. The van der Waals surface area contributed by atoms with E-state index in [4.69, 9.17) is 17.3 Å². The van der Waals surface area contributed by atoms with E-state index in [0.717, 1.165) is 37.2 Å². The fraction of sp³-hybridized carbons (Fsp3) is 0.533. The summed E-state index contributed by atoms with van der Waals surface area (Å²) in [6.07, 6.45) is 1.94. The van der Waals surface area contributed by atoms with Crippen LogP contribution in [0, 0.1) is 5.92 Å². The van der Waals surface area contributed by atoms with Gasteiger partial charge in [-0.25, -0.2) is 0 Å². The van der Waals surface area contributed by atoms with Gasteiger partial charge in [-0.3, -0.25) is 4.79 Å². The van der Waals surface area contributed by atoms with Crippen LogP contribution in [0.5, 0.6) is 0 Å². The fourth-order valence-corrected chi connectivity index (χ4v) is 2.99. The van der Waals surface area contributed by atoms with Crippen molar-refractivity contribution in [3.05, 3.63) is 28.8 Å². The largest absolute Gasteiger partial charge is 0.370 e. The number of hydrogen-bond donors (Lipinski definition) is 2. The van der Waals surface area contributed by atoms with Gasteiger partial charge in [-0.1, -0.05) is 17.7 Å². The number of nitrogens with zero attached hydrogens (tertiary/aromatic N) is 1. The van der Waals surface area contributed by atoms with Gasteiger partial charge in [0.1, 0.15) is 0 Å². The Morgan fingerprint density at radius 1 is 1.55 bits per heavy atom. The van der Waals surface area contributed by atoms with Crippen molar-refractivity contribution in [2.24, 2.45) is 11.7 Å². The third-order valence-electron chi connectivity index (χ3n) is 3.88. The standard InChI is InChI=1S/C15H22ClN3O/c1-10(17)11-5-6-14(13(16)8-11)19-7-3-4-12(9-19)15(20)18-2/h5-6,8,10,12H,3-4,7,9,17H2,1-2H3,(H,18,20)/t10-,12?/m1/s1. The first-order chi connectivity index (χ1) is 9.52. The minimum atomic E-state index is -0.0264. The van der Waals surface area contributed by atoms with Crippen LogP contribution < -0.4 is 16.0 Å². The van der Waals surface area contributed by atoms with Crippen LogP contribution in [-0.2, 0) is 4.79 Å². The lowest BCUT2D eigenvalue weighted by molar-refractivity contribution is -0.124. The zero-order chi connectivity index (χ0) is 14.7. The summed E-state index contributed by atoms with van der Waals surface area (Å²) in [6, 6.07) is 5.91. The van der Waals surface area contributed by atoms with Crippen molar-refractivity contribution in [1.29, 1.82) is 0 Å². The fourth-order valence-electron chi connectivity index (χ4n) is 2.68. The Labute approximate surface area is 125 Å². The average molecular weight is 296 g/mol. The van der Waals surface area contributed by atoms with Crippen LogP contribution in [0.3, 0.4) is 0 Å². The van der Waals surface area contributed by atoms with Crippen molar-refractivity contribution in [2.75, 3.05) is 25.0 Å². The summed E-state index contributed by atoms with van der Waals surface area (Å²) in [5.41, 5.74) is 7.88. The van der Waals surface area contributed by atoms with Gasteiger partial charge in [-0.2, -0.15) is 0 Å². The molecule has 1 aromatic carbocycles. The van der Waals surface area contributed by atoms with Gasteiger partial charge < -0.3 is 16.0 Å². The molecule has 0 saturated carbocycles. The predicted octanol–water partition coefficient (Wildman–Crippen LogP) is 2.32. The van der Waals surface area contributed by atoms with Crippen LogP contribution in [-0.4, -0.2) is 26.0 Å². The van der Waals surface area contributed by atoms with Crippen molar-refractivity contribution in [3.63, 3.8) is 0 Å². The third-order valence-corrected chi connectivity index (χ3v) is 4.18. The number of hydrogen-bond acceptors (Lipinski definition) is 3. The van der Waals surface area contributed by atoms with E-state index in [0.29, 0.717) is 5.02 Å². The summed E-state index contributed by atoms with van der Waals surface area (Å²) >= 11 is 6.37. The second-order valence-corrected chi connectivity index (χ2v) is 5.81. The van der Waals surface area contributed by atoms with Crippen molar-refractivity contribution in [3.8, 4) is 0 Å². The van der Waals surface area contributed by atoms with Crippen LogP contribution in [0.25, 0.3) is 0 Å². The quantitative estimate of drug-likeness (QED) is 0.900. The van der Waals surface area contributed by atoms with Gasteiger partial charge in [0.15, 0.2) is 0 Å². The van der Waals surface area contributed by atoms with Gasteiger partial charge >= 0.3 is 0 Å². The van der Waals surface area contributed by atoms with E-state index in [1.807, 2.05) is 25.1 Å². The minimum Gasteiger partial charge on any atom is -0.370 e. The summed E-state index contributed by atoms with van der Waals surface area (Å²) in [4.78, 5) is 14.0. The predicted molar refractivity (Wildman–Crippen MR) is 83.1 cm³/mol. The van der Waals surface area contributed by atoms with Gasteiger partial charge in [-0.05, 0) is 37.5 Å². The molecule has 2 atom stereocenters. The summed E-state index contributed by atoms with van der Waals surface area (Å²) in [5, 5.41) is 3.44. The number of nitrogens with two attached hydrogens (primary N) is 1. The number of benzene rings is 1. The molecule has 0 radical (unpaired) electrons. The molecule has 2 rings (SSSR count). The van der Waals surface area contributed by atoms with Crippen LogP contribution >= 0.6 is 11.6 Å². The highest BCUT2D eigenvalue weighted by Gasteiger charge is 2.26. The number of rotatable bonds is 3. The second-order valence-electron chi connectivity index (χ2n) is 5.40. The second kappa shape index (κ2) is 6.46. The van der Waals surface area contributed by atoms with E-state index in [1.165, 1.54) is 0 Å². The van der Waals surface area contributed by atoms with Crippen LogP contribution in [0.2, 0.25) is 5.02 Å². The van der Waals surface area contributed by atoms with E-state index >= 15 is 0 Å². The van der Waals surface area contributed by atoms with Crippen molar-refractivity contribution in [1.82, 2.24) is 5.32 Å². The Morgan fingerprint density at radius 2 is 2.30 bits per heavy atom. The molecule has 0 aromatic heterocycles. The molecule has 1 aromatic rings. The molecule has 1 aliphatic heterocycles. The van der Waals surface area contributed by atoms with E-state index in [-0.39, 0.29) is 17.9 Å². The number of nitrogens with one attached hydrogen (secondary N) is 1. The molecule has 1 saturated heterocycles. The van der Waals surface area contributed by atoms with E-state index in [9.17, 15) is 4.79 Å². The van der Waals surface area contributed by atoms with Crippen molar-refractivity contribution in [2.45, 2.75) is 25.8 Å². The topological polar surface area (TPSA) is 58.4 Å². The maximum atomic E-state index is 11.8.